The van der Waals surface area contributed by atoms with Gasteiger partial charge in [-0.1, -0.05) is 35.5 Å². The summed E-state index contributed by atoms with van der Waals surface area (Å²) in [5.74, 6) is 1.47. The number of nitrogens with zero attached hydrogens (tertiary/aromatic N) is 5. The van der Waals surface area contributed by atoms with Gasteiger partial charge in [0.1, 0.15) is 6.33 Å². The molecular weight excluding hydrogens is 298 g/mol. The molecule has 3 aromatic rings. The second-order valence-electron chi connectivity index (χ2n) is 3.94. The van der Waals surface area contributed by atoms with E-state index in [0.29, 0.717) is 22.6 Å². The van der Waals surface area contributed by atoms with Gasteiger partial charge in [-0.15, -0.1) is 10.2 Å². The van der Waals surface area contributed by atoms with Crippen LogP contribution in [0.3, 0.4) is 0 Å². The minimum absolute atomic E-state index is 0.421. The summed E-state index contributed by atoms with van der Waals surface area (Å²) in [6.45, 7) is 0. The van der Waals surface area contributed by atoms with E-state index < -0.39 is 0 Å². The summed E-state index contributed by atoms with van der Waals surface area (Å²) in [5, 5.41) is 13.4. The van der Waals surface area contributed by atoms with Crippen molar-refractivity contribution in [3.8, 4) is 11.5 Å². The molecule has 2 heterocycles. The molecule has 2 aromatic heterocycles. The van der Waals surface area contributed by atoms with E-state index in [9.17, 15) is 0 Å². The van der Waals surface area contributed by atoms with E-state index in [-0.39, 0.29) is 0 Å². The first-order chi connectivity index (χ1) is 9.74. The summed E-state index contributed by atoms with van der Waals surface area (Å²) < 4.78 is 7.29. The third kappa shape index (κ3) is 2.68. The average Bonchev–Trinajstić information content (AvgIpc) is 3.06. The molecule has 0 N–H and O–H groups in total. The SMILES string of the molecule is Cn1ncnc1SCc1nnc(-c2ccccc2Cl)o1. The zero-order valence-corrected chi connectivity index (χ0v) is 12.1. The summed E-state index contributed by atoms with van der Waals surface area (Å²) in [5.41, 5.74) is 0.733. The van der Waals surface area contributed by atoms with Crippen LogP contribution in [0.25, 0.3) is 11.5 Å². The molecule has 0 aliphatic carbocycles. The van der Waals surface area contributed by atoms with Gasteiger partial charge in [0.2, 0.25) is 11.8 Å². The van der Waals surface area contributed by atoms with E-state index in [4.69, 9.17) is 16.0 Å². The van der Waals surface area contributed by atoms with Crippen molar-refractivity contribution in [1.29, 1.82) is 0 Å². The Morgan fingerprint density at radius 1 is 1.30 bits per heavy atom. The molecule has 0 amide bonds. The van der Waals surface area contributed by atoms with Crippen molar-refractivity contribution in [2.75, 3.05) is 0 Å². The number of hydrogen-bond donors (Lipinski definition) is 0. The molecule has 0 saturated carbocycles. The highest BCUT2D eigenvalue weighted by molar-refractivity contribution is 7.98. The van der Waals surface area contributed by atoms with E-state index >= 15 is 0 Å². The van der Waals surface area contributed by atoms with Gasteiger partial charge in [-0.3, -0.25) is 0 Å². The number of halogens is 1. The van der Waals surface area contributed by atoms with Crippen molar-refractivity contribution in [1.82, 2.24) is 25.0 Å². The third-order valence-electron chi connectivity index (χ3n) is 2.57. The number of aryl methyl sites for hydroxylation is 1. The Morgan fingerprint density at radius 3 is 2.90 bits per heavy atom. The zero-order valence-electron chi connectivity index (χ0n) is 10.5. The van der Waals surface area contributed by atoms with Crippen LogP contribution < -0.4 is 0 Å². The summed E-state index contributed by atoms with van der Waals surface area (Å²) in [6.07, 6.45) is 1.51. The second-order valence-corrected chi connectivity index (χ2v) is 5.29. The molecule has 0 radical (unpaired) electrons. The number of benzene rings is 1. The predicted octanol–water partition coefficient (Wildman–Crippen LogP) is 2.81. The van der Waals surface area contributed by atoms with Crippen molar-refractivity contribution in [2.24, 2.45) is 7.05 Å². The van der Waals surface area contributed by atoms with Crippen LogP contribution in [0.4, 0.5) is 0 Å². The molecule has 0 bridgehead atoms. The summed E-state index contributed by atoms with van der Waals surface area (Å²) in [4.78, 5) is 4.11. The average molecular weight is 308 g/mol. The molecule has 0 fully saturated rings. The van der Waals surface area contributed by atoms with Gasteiger partial charge in [0.15, 0.2) is 5.16 Å². The first-order valence-electron chi connectivity index (χ1n) is 5.78. The van der Waals surface area contributed by atoms with Crippen LogP contribution in [0.1, 0.15) is 5.89 Å². The van der Waals surface area contributed by atoms with Gasteiger partial charge in [0.05, 0.1) is 16.3 Å². The summed E-state index contributed by atoms with van der Waals surface area (Å²) >= 11 is 7.57. The van der Waals surface area contributed by atoms with E-state index in [1.54, 1.807) is 10.7 Å². The lowest BCUT2D eigenvalue weighted by molar-refractivity contribution is 0.528. The smallest absolute Gasteiger partial charge is 0.249 e. The Labute approximate surface area is 124 Å². The van der Waals surface area contributed by atoms with Crippen LogP contribution >= 0.6 is 23.4 Å². The van der Waals surface area contributed by atoms with Crippen LogP contribution in [0.5, 0.6) is 0 Å². The van der Waals surface area contributed by atoms with E-state index in [2.05, 4.69) is 20.3 Å². The molecule has 0 spiro atoms. The van der Waals surface area contributed by atoms with E-state index in [1.807, 2.05) is 25.2 Å². The van der Waals surface area contributed by atoms with E-state index in [0.717, 1.165) is 10.7 Å². The summed E-state index contributed by atoms with van der Waals surface area (Å²) in [6, 6.07) is 7.36. The highest BCUT2D eigenvalue weighted by Gasteiger charge is 2.12. The third-order valence-corrected chi connectivity index (χ3v) is 3.91. The van der Waals surface area contributed by atoms with Crippen molar-refractivity contribution >= 4 is 23.4 Å². The quantitative estimate of drug-likeness (QED) is 0.690. The largest absolute Gasteiger partial charge is 0.420 e. The first-order valence-corrected chi connectivity index (χ1v) is 7.14. The Bertz CT molecular complexity index is 726. The van der Waals surface area contributed by atoms with Gasteiger partial charge in [0, 0.05) is 7.05 Å². The first kappa shape index (κ1) is 13.1. The lowest BCUT2D eigenvalue weighted by Crippen LogP contribution is -1.93. The molecular formula is C12H10ClN5OS. The molecule has 0 aliphatic rings. The van der Waals surface area contributed by atoms with Crippen LogP contribution in [-0.2, 0) is 12.8 Å². The standard InChI is InChI=1S/C12H10ClN5OS/c1-18-12(14-7-15-18)20-6-10-16-17-11(19-10)8-4-2-3-5-9(8)13/h2-5,7H,6H2,1H3. The lowest BCUT2D eigenvalue weighted by Gasteiger charge is -1.97. The highest BCUT2D eigenvalue weighted by atomic mass is 35.5. The van der Waals surface area contributed by atoms with Crippen molar-refractivity contribution in [3.05, 3.63) is 41.5 Å². The molecule has 20 heavy (non-hydrogen) atoms. The number of hydrogen-bond acceptors (Lipinski definition) is 6. The van der Waals surface area contributed by atoms with Crippen LogP contribution in [-0.4, -0.2) is 25.0 Å². The molecule has 0 aliphatic heterocycles. The number of rotatable bonds is 4. The topological polar surface area (TPSA) is 69.6 Å². The Morgan fingerprint density at radius 2 is 2.15 bits per heavy atom. The summed E-state index contributed by atoms with van der Waals surface area (Å²) in [7, 11) is 1.83. The number of thioether (sulfide) groups is 1. The number of aromatic nitrogens is 5. The zero-order chi connectivity index (χ0) is 13.9. The maximum Gasteiger partial charge on any atom is 0.249 e. The van der Waals surface area contributed by atoms with Crippen molar-refractivity contribution in [2.45, 2.75) is 10.9 Å². The molecule has 8 heteroatoms. The second kappa shape index (κ2) is 5.64. The minimum atomic E-state index is 0.421. The molecule has 3 rings (SSSR count). The monoisotopic (exact) mass is 307 g/mol. The fourth-order valence-electron chi connectivity index (χ4n) is 1.60. The maximum absolute atomic E-state index is 6.09. The van der Waals surface area contributed by atoms with Gasteiger partial charge in [-0.05, 0) is 12.1 Å². The van der Waals surface area contributed by atoms with Gasteiger partial charge in [-0.25, -0.2) is 9.67 Å². The van der Waals surface area contributed by atoms with Gasteiger partial charge < -0.3 is 4.42 Å². The molecule has 0 atom stereocenters. The van der Waals surface area contributed by atoms with Crippen LogP contribution in [0.2, 0.25) is 5.02 Å². The maximum atomic E-state index is 6.09. The molecule has 6 nitrogen and oxygen atoms in total. The molecule has 102 valence electrons. The Hall–Kier alpha value is -1.86. The minimum Gasteiger partial charge on any atom is -0.420 e. The highest BCUT2D eigenvalue weighted by Crippen LogP contribution is 2.27. The van der Waals surface area contributed by atoms with Crippen LogP contribution in [0, 0.1) is 0 Å². The molecule has 1 aromatic carbocycles. The fraction of sp³-hybridized carbons (Fsp3) is 0.167. The Kier molecular flexibility index (Phi) is 3.70. The van der Waals surface area contributed by atoms with Gasteiger partial charge in [0.25, 0.3) is 0 Å². The van der Waals surface area contributed by atoms with Crippen molar-refractivity contribution in [3.63, 3.8) is 0 Å². The predicted molar refractivity (Wildman–Crippen MR) is 75.3 cm³/mol. The lowest BCUT2D eigenvalue weighted by atomic mass is 10.2. The molecule has 0 saturated heterocycles. The Balaban J connectivity index is 1.74. The van der Waals surface area contributed by atoms with Gasteiger partial charge in [-0.2, -0.15) is 5.10 Å². The van der Waals surface area contributed by atoms with Crippen LogP contribution in [0.15, 0.2) is 40.2 Å². The van der Waals surface area contributed by atoms with E-state index in [1.165, 1.54) is 18.1 Å². The normalized spacial score (nSPS) is 10.9. The van der Waals surface area contributed by atoms with Crippen molar-refractivity contribution < 1.29 is 4.42 Å². The van der Waals surface area contributed by atoms with Gasteiger partial charge >= 0.3 is 0 Å². The molecule has 0 unspecified atom stereocenters. The fourth-order valence-corrected chi connectivity index (χ4v) is 2.54.